The topological polar surface area (TPSA) is 124 Å². The first-order valence-electron chi connectivity index (χ1n) is 4.90. The first kappa shape index (κ1) is 15.8. The third-order valence-corrected chi connectivity index (χ3v) is 3.15. The lowest BCUT2D eigenvalue weighted by atomic mass is 9.61. The zero-order chi connectivity index (χ0) is 14.1. The molecule has 7 nitrogen and oxygen atoms in total. The van der Waals surface area contributed by atoms with Crippen LogP contribution in [0.15, 0.2) is 0 Å². The molecule has 0 aliphatic heterocycles. The van der Waals surface area contributed by atoms with Gasteiger partial charge in [0, 0.05) is 5.41 Å². The third kappa shape index (κ3) is 2.26. The monoisotopic (exact) mass is 250 g/mol. The van der Waals surface area contributed by atoms with Crippen molar-refractivity contribution in [2.45, 2.75) is 33.3 Å². The number of carbonyl (C=O) groups is 2. The SMILES string of the molecule is CC(C)(COO)C(O)(C(=O)O)C(C)(C)C(=O)O. The Bertz CT molecular complexity index is 321. The van der Waals surface area contributed by atoms with Crippen LogP contribution < -0.4 is 0 Å². The third-order valence-electron chi connectivity index (χ3n) is 3.15. The van der Waals surface area contributed by atoms with Crippen molar-refractivity contribution in [3.8, 4) is 0 Å². The van der Waals surface area contributed by atoms with Gasteiger partial charge in [-0.25, -0.2) is 9.68 Å². The zero-order valence-electron chi connectivity index (χ0n) is 10.2. The first-order chi connectivity index (χ1) is 7.45. The van der Waals surface area contributed by atoms with Gasteiger partial charge < -0.3 is 15.3 Å². The van der Waals surface area contributed by atoms with Crippen molar-refractivity contribution < 1.29 is 35.1 Å². The summed E-state index contributed by atoms with van der Waals surface area (Å²) in [7, 11) is 0. The van der Waals surface area contributed by atoms with Gasteiger partial charge >= 0.3 is 11.9 Å². The predicted molar refractivity (Wildman–Crippen MR) is 56.4 cm³/mol. The van der Waals surface area contributed by atoms with Crippen LogP contribution in [-0.4, -0.2) is 44.7 Å². The lowest BCUT2D eigenvalue weighted by molar-refractivity contribution is -0.285. The van der Waals surface area contributed by atoms with E-state index < -0.39 is 35.0 Å². The van der Waals surface area contributed by atoms with Crippen LogP contribution in [0.4, 0.5) is 0 Å². The van der Waals surface area contributed by atoms with Gasteiger partial charge in [-0.1, -0.05) is 13.8 Å². The van der Waals surface area contributed by atoms with E-state index in [1.807, 2.05) is 0 Å². The minimum absolute atomic E-state index is 0.521. The molecule has 0 saturated heterocycles. The van der Waals surface area contributed by atoms with Gasteiger partial charge in [-0.3, -0.25) is 10.1 Å². The van der Waals surface area contributed by atoms with Crippen LogP contribution in [0.3, 0.4) is 0 Å². The summed E-state index contributed by atoms with van der Waals surface area (Å²) in [6, 6.07) is 0. The Morgan fingerprint density at radius 3 is 1.71 bits per heavy atom. The molecule has 0 spiro atoms. The second kappa shape index (κ2) is 4.59. The van der Waals surface area contributed by atoms with Gasteiger partial charge in [0.05, 0.1) is 6.61 Å². The summed E-state index contributed by atoms with van der Waals surface area (Å²) in [6.45, 7) is 4.27. The maximum Gasteiger partial charge on any atom is 0.337 e. The van der Waals surface area contributed by atoms with E-state index in [1.54, 1.807) is 0 Å². The second-order valence-electron chi connectivity index (χ2n) is 5.10. The Morgan fingerprint density at radius 2 is 1.47 bits per heavy atom. The van der Waals surface area contributed by atoms with Crippen molar-refractivity contribution >= 4 is 11.9 Å². The van der Waals surface area contributed by atoms with Gasteiger partial charge in [0.15, 0.2) is 5.60 Å². The fraction of sp³-hybridized carbons (Fsp3) is 0.800. The molecule has 1 atom stereocenters. The zero-order valence-corrected chi connectivity index (χ0v) is 10.2. The molecule has 0 aromatic heterocycles. The molecule has 0 saturated carbocycles. The van der Waals surface area contributed by atoms with Gasteiger partial charge in [0.1, 0.15) is 5.41 Å². The number of carboxylic acids is 2. The quantitative estimate of drug-likeness (QED) is 0.398. The summed E-state index contributed by atoms with van der Waals surface area (Å²) in [5.41, 5.74) is -6.06. The van der Waals surface area contributed by atoms with Crippen LogP contribution >= 0.6 is 0 Å². The van der Waals surface area contributed by atoms with E-state index in [9.17, 15) is 14.7 Å². The number of aliphatic carboxylic acids is 2. The largest absolute Gasteiger partial charge is 0.481 e. The highest BCUT2D eigenvalue weighted by Crippen LogP contribution is 2.45. The Kier molecular flexibility index (Phi) is 4.28. The molecule has 0 bridgehead atoms. The molecule has 0 radical (unpaired) electrons. The van der Waals surface area contributed by atoms with E-state index in [-0.39, 0.29) is 0 Å². The summed E-state index contributed by atoms with van der Waals surface area (Å²) >= 11 is 0. The minimum atomic E-state index is -2.60. The van der Waals surface area contributed by atoms with Crippen LogP contribution in [0.2, 0.25) is 0 Å². The second-order valence-corrected chi connectivity index (χ2v) is 5.10. The molecule has 100 valence electrons. The standard InChI is InChI=1S/C10H18O7/c1-8(2,5-17-16)10(15,7(13)14)9(3,4)6(11)12/h15-16H,5H2,1-4H3,(H,11,12)(H,13,14). The Morgan fingerprint density at radius 1 is 1.06 bits per heavy atom. The van der Waals surface area contributed by atoms with Crippen LogP contribution in [0.25, 0.3) is 0 Å². The van der Waals surface area contributed by atoms with E-state index in [1.165, 1.54) is 13.8 Å². The highest BCUT2D eigenvalue weighted by molar-refractivity contribution is 5.89. The molecule has 0 fully saturated rings. The van der Waals surface area contributed by atoms with Gasteiger partial charge in [0.2, 0.25) is 0 Å². The molecule has 0 rings (SSSR count). The molecule has 7 heteroatoms. The average molecular weight is 250 g/mol. The summed E-state index contributed by atoms with van der Waals surface area (Å²) < 4.78 is 0. The fourth-order valence-electron chi connectivity index (χ4n) is 1.82. The van der Waals surface area contributed by atoms with Gasteiger partial charge in [-0.15, -0.1) is 0 Å². The van der Waals surface area contributed by atoms with E-state index in [4.69, 9.17) is 15.5 Å². The van der Waals surface area contributed by atoms with Crippen LogP contribution in [0, 0.1) is 10.8 Å². The van der Waals surface area contributed by atoms with E-state index in [0.717, 1.165) is 13.8 Å². The molecule has 0 heterocycles. The number of rotatable bonds is 6. The molecular formula is C10H18O7. The number of hydrogen-bond donors (Lipinski definition) is 4. The average Bonchev–Trinajstić information content (AvgIpc) is 2.15. The molecule has 0 aromatic carbocycles. The van der Waals surface area contributed by atoms with E-state index in [0.29, 0.717) is 0 Å². The van der Waals surface area contributed by atoms with Gasteiger partial charge in [-0.2, -0.15) is 0 Å². The number of hydrogen-bond acceptors (Lipinski definition) is 5. The first-order valence-corrected chi connectivity index (χ1v) is 4.90. The van der Waals surface area contributed by atoms with Gasteiger partial charge in [0.25, 0.3) is 0 Å². The Balaban J connectivity index is 5.79. The van der Waals surface area contributed by atoms with Gasteiger partial charge in [-0.05, 0) is 13.8 Å². The van der Waals surface area contributed by atoms with Crippen molar-refractivity contribution in [2.75, 3.05) is 6.61 Å². The molecule has 0 aliphatic carbocycles. The Labute approximate surface area is 98.6 Å². The maximum atomic E-state index is 11.2. The van der Waals surface area contributed by atoms with Crippen molar-refractivity contribution in [3.63, 3.8) is 0 Å². The fourth-order valence-corrected chi connectivity index (χ4v) is 1.82. The lowest BCUT2D eigenvalue weighted by Gasteiger charge is -2.46. The summed E-state index contributed by atoms with van der Waals surface area (Å²) in [6.07, 6.45) is 0. The lowest BCUT2D eigenvalue weighted by Crippen LogP contribution is -2.64. The normalized spacial score (nSPS) is 16.4. The highest BCUT2D eigenvalue weighted by atomic mass is 17.1. The van der Waals surface area contributed by atoms with E-state index >= 15 is 0 Å². The Hall–Kier alpha value is -1.18. The minimum Gasteiger partial charge on any atom is -0.481 e. The van der Waals surface area contributed by atoms with Crippen LogP contribution in [-0.2, 0) is 14.5 Å². The van der Waals surface area contributed by atoms with Crippen LogP contribution in [0.5, 0.6) is 0 Å². The summed E-state index contributed by atoms with van der Waals surface area (Å²) in [5, 5.41) is 36.8. The van der Waals surface area contributed by atoms with Crippen LogP contribution in [0.1, 0.15) is 27.7 Å². The smallest absolute Gasteiger partial charge is 0.337 e. The predicted octanol–water partition coefficient (Wildman–Crippen LogP) is 0.429. The molecule has 0 aromatic rings. The molecule has 0 amide bonds. The van der Waals surface area contributed by atoms with Crippen molar-refractivity contribution in [1.82, 2.24) is 0 Å². The number of aliphatic hydroxyl groups is 1. The molecule has 4 N–H and O–H groups in total. The van der Waals surface area contributed by atoms with Crippen molar-refractivity contribution in [2.24, 2.45) is 10.8 Å². The highest BCUT2D eigenvalue weighted by Gasteiger charge is 2.63. The van der Waals surface area contributed by atoms with Crippen molar-refractivity contribution in [1.29, 1.82) is 0 Å². The summed E-state index contributed by atoms with van der Waals surface area (Å²) in [4.78, 5) is 26.2. The molecule has 1 unspecified atom stereocenters. The summed E-state index contributed by atoms with van der Waals surface area (Å²) in [5.74, 6) is -3.15. The molecular weight excluding hydrogens is 232 g/mol. The molecule has 0 aliphatic rings. The van der Waals surface area contributed by atoms with Crippen molar-refractivity contribution in [3.05, 3.63) is 0 Å². The van der Waals surface area contributed by atoms with E-state index in [2.05, 4.69) is 4.89 Å². The maximum absolute atomic E-state index is 11.2. The molecule has 17 heavy (non-hydrogen) atoms. The number of carboxylic acid groups (broad SMARTS) is 2.